The van der Waals surface area contributed by atoms with Crippen molar-refractivity contribution in [3.05, 3.63) is 94.3 Å². The minimum Gasteiger partial charge on any atom is -0.325 e. The van der Waals surface area contributed by atoms with Crippen LogP contribution in [0.5, 0.6) is 0 Å². The molecular weight excluding hydrogens is 457 g/mol. The van der Waals surface area contributed by atoms with Gasteiger partial charge in [0.15, 0.2) is 0 Å². The van der Waals surface area contributed by atoms with Crippen LogP contribution in [-0.4, -0.2) is 25.0 Å². The van der Waals surface area contributed by atoms with Crippen molar-refractivity contribution >= 4 is 44.8 Å². The zero-order valence-electron chi connectivity index (χ0n) is 16.5. The van der Waals surface area contributed by atoms with Gasteiger partial charge in [0.1, 0.15) is 5.82 Å². The van der Waals surface area contributed by atoms with Crippen molar-refractivity contribution in [1.29, 1.82) is 0 Å². The number of carbonyl (C=O) groups is 1. The number of sulfonamides is 1. The van der Waals surface area contributed by atoms with E-state index >= 15 is 0 Å². The molecule has 0 bridgehead atoms. The van der Waals surface area contributed by atoms with E-state index in [1.54, 1.807) is 12.1 Å². The van der Waals surface area contributed by atoms with E-state index in [4.69, 9.17) is 0 Å². The van der Waals surface area contributed by atoms with E-state index in [1.807, 2.05) is 0 Å². The zero-order valence-corrected chi connectivity index (χ0v) is 18.2. The van der Waals surface area contributed by atoms with Gasteiger partial charge < -0.3 is 5.32 Å². The fraction of sp³-hybridized carbons (Fsp3) is 0.0952. The maximum absolute atomic E-state index is 13.0. The van der Waals surface area contributed by atoms with Gasteiger partial charge in [0.05, 0.1) is 15.6 Å². The summed E-state index contributed by atoms with van der Waals surface area (Å²) in [6, 6.07) is 16.7. The average Bonchev–Trinajstić information content (AvgIpc) is 2.76. The van der Waals surface area contributed by atoms with Gasteiger partial charge in [0, 0.05) is 29.3 Å². The molecule has 166 valence electrons. The molecule has 0 atom stereocenters. The van der Waals surface area contributed by atoms with Gasteiger partial charge in [-0.15, -0.1) is 11.8 Å². The summed E-state index contributed by atoms with van der Waals surface area (Å²) < 4.78 is 40.2. The Balaban J connectivity index is 1.50. The minimum atomic E-state index is -3.86. The molecule has 0 saturated carbocycles. The van der Waals surface area contributed by atoms with E-state index in [0.29, 0.717) is 11.4 Å². The molecule has 0 unspecified atom stereocenters. The third kappa shape index (κ3) is 6.53. The van der Waals surface area contributed by atoms with Gasteiger partial charge in [-0.25, -0.2) is 12.8 Å². The molecule has 2 N–H and O–H groups in total. The molecule has 0 heterocycles. The van der Waals surface area contributed by atoms with Crippen molar-refractivity contribution < 1.29 is 22.5 Å². The smallest absolute Gasteiger partial charge is 0.269 e. The molecule has 3 aromatic rings. The molecule has 32 heavy (non-hydrogen) atoms. The Morgan fingerprint density at radius 2 is 1.53 bits per heavy atom. The number of nitro groups is 1. The second-order valence-corrected chi connectivity index (χ2v) is 9.27. The fourth-order valence-corrected chi connectivity index (χ4v) is 4.47. The summed E-state index contributed by atoms with van der Waals surface area (Å²) in [5.41, 5.74) is 1.53. The lowest BCUT2D eigenvalue weighted by Gasteiger charge is -2.09. The molecule has 0 aliphatic heterocycles. The number of hydrogen-bond donors (Lipinski definition) is 2. The highest BCUT2D eigenvalue weighted by atomic mass is 32.2. The maximum Gasteiger partial charge on any atom is 0.269 e. The lowest BCUT2D eigenvalue weighted by atomic mass is 10.2. The number of nitro benzene ring substituents is 1. The molecule has 3 aromatic carbocycles. The predicted molar refractivity (Wildman–Crippen MR) is 122 cm³/mol. The Labute approximate surface area is 188 Å². The monoisotopic (exact) mass is 475 g/mol. The van der Waals surface area contributed by atoms with E-state index in [-0.39, 0.29) is 27.9 Å². The molecule has 0 fully saturated rings. The number of carbonyl (C=O) groups excluding carboxylic acids is 1. The third-order valence-corrected chi connectivity index (χ3v) is 6.59. The largest absolute Gasteiger partial charge is 0.325 e. The molecule has 3 rings (SSSR count). The Morgan fingerprint density at radius 3 is 2.12 bits per heavy atom. The Bertz CT molecular complexity index is 1200. The molecule has 0 aromatic heterocycles. The van der Waals surface area contributed by atoms with Crippen LogP contribution in [0.1, 0.15) is 5.56 Å². The first-order valence-corrected chi connectivity index (χ1v) is 11.9. The van der Waals surface area contributed by atoms with Gasteiger partial charge in [-0.1, -0.05) is 12.1 Å². The number of amides is 1. The number of nitrogens with one attached hydrogen (secondary N) is 2. The molecule has 0 aliphatic carbocycles. The normalized spacial score (nSPS) is 11.0. The van der Waals surface area contributed by atoms with Gasteiger partial charge in [-0.05, 0) is 54.1 Å². The zero-order chi connectivity index (χ0) is 23.1. The van der Waals surface area contributed by atoms with Crippen molar-refractivity contribution in [1.82, 2.24) is 0 Å². The minimum absolute atomic E-state index is 0.00706. The second-order valence-electron chi connectivity index (χ2n) is 6.60. The van der Waals surface area contributed by atoms with Crippen LogP contribution in [0, 0.1) is 15.9 Å². The fourth-order valence-electron chi connectivity index (χ4n) is 2.62. The summed E-state index contributed by atoms with van der Waals surface area (Å²) in [4.78, 5) is 22.3. The summed E-state index contributed by atoms with van der Waals surface area (Å²) in [7, 11) is -3.86. The van der Waals surface area contributed by atoms with Crippen LogP contribution in [0.15, 0.2) is 77.7 Å². The number of nitrogens with zero attached hydrogens (tertiary/aromatic N) is 1. The van der Waals surface area contributed by atoms with Crippen molar-refractivity contribution in [2.24, 2.45) is 0 Å². The highest BCUT2D eigenvalue weighted by Crippen LogP contribution is 2.20. The molecule has 8 nitrogen and oxygen atoms in total. The van der Waals surface area contributed by atoms with Crippen molar-refractivity contribution in [2.45, 2.75) is 10.6 Å². The number of anilines is 2. The highest BCUT2D eigenvalue weighted by molar-refractivity contribution is 7.99. The summed E-state index contributed by atoms with van der Waals surface area (Å²) >= 11 is 1.34. The van der Waals surface area contributed by atoms with Crippen LogP contribution >= 0.6 is 11.8 Å². The first-order valence-electron chi connectivity index (χ1n) is 9.22. The number of halogens is 1. The van der Waals surface area contributed by atoms with Crippen molar-refractivity contribution in [3.63, 3.8) is 0 Å². The first kappa shape index (κ1) is 23.2. The molecule has 0 aliphatic rings. The van der Waals surface area contributed by atoms with Gasteiger partial charge in [0.2, 0.25) is 5.91 Å². The van der Waals surface area contributed by atoms with Crippen LogP contribution in [0.4, 0.5) is 21.5 Å². The molecule has 0 spiro atoms. The van der Waals surface area contributed by atoms with E-state index < -0.39 is 20.8 Å². The highest BCUT2D eigenvalue weighted by Gasteiger charge is 2.14. The van der Waals surface area contributed by atoms with Crippen molar-refractivity contribution in [3.8, 4) is 0 Å². The summed E-state index contributed by atoms with van der Waals surface area (Å²) in [5.74, 6) is -0.0724. The Hall–Kier alpha value is -3.44. The number of thioether (sulfide) groups is 1. The number of rotatable bonds is 9. The summed E-state index contributed by atoms with van der Waals surface area (Å²) in [6.45, 7) is 0. The standard InChI is InChI=1S/C21H18FN3O5S2/c22-16-3-5-18(6-4-16)24-32(29,30)20-11-7-17(8-12-20)23-21(26)14-31-13-15-1-9-19(10-2-15)25(27)28/h1-12,24H,13-14H2,(H,23,26). The van der Waals surface area contributed by atoms with Crippen LogP contribution in [-0.2, 0) is 20.6 Å². The SMILES string of the molecule is O=C(CSCc1ccc([N+](=O)[O-])cc1)Nc1ccc(S(=O)(=O)Nc2ccc(F)cc2)cc1. The van der Waals surface area contributed by atoms with Crippen LogP contribution in [0.3, 0.4) is 0 Å². The maximum atomic E-state index is 13.0. The summed E-state index contributed by atoms with van der Waals surface area (Å²) in [5, 5.41) is 13.3. The average molecular weight is 476 g/mol. The Kier molecular flexibility index (Phi) is 7.44. The first-order chi connectivity index (χ1) is 15.2. The van der Waals surface area contributed by atoms with E-state index in [1.165, 1.54) is 60.3 Å². The van der Waals surface area contributed by atoms with Crippen molar-refractivity contribution in [2.75, 3.05) is 15.8 Å². The number of hydrogen-bond acceptors (Lipinski definition) is 6. The molecule has 0 radical (unpaired) electrons. The van der Waals surface area contributed by atoms with E-state index in [0.717, 1.165) is 17.7 Å². The predicted octanol–water partition coefficient (Wildman–Crippen LogP) is 4.41. The van der Waals surface area contributed by atoms with E-state index in [9.17, 15) is 27.7 Å². The topological polar surface area (TPSA) is 118 Å². The van der Waals surface area contributed by atoms with Gasteiger partial charge >= 0.3 is 0 Å². The molecule has 11 heteroatoms. The van der Waals surface area contributed by atoms with E-state index in [2.05, 4.69) is 10.0 Å². The van der Waals surface area contributed by atoms with Gasteiger partial charge in [-0.2, -0.15) is 0 Å². The Morgan fingerprint density at radius 1 is 0.938 bits per heavy atom. The van der Waals surface area contributed by atoms with Gasteiger partial charge in [-0.3, -0.25) is 19.6 Å². The second kappa shape index (κ2) is 10.2. The molecule has 1 amide bonds. The quantitative estimate of drug-likeness (QED) is 0.350. The lowest BCUT2D eigenvalue weighted by Crippen LogP contribution is -2.15. The molecular formula is C21H18FN3O5S2. The third-order valence-electron chi connectivity index (χ3n) is 4.19. The number of benzene rings is 3. The van der Waals surface area contributed by atoms with Crippen LogP contribution in [0.2, 0.25) is 0 Å². The number of non-ortho nitro benzene ring substituents is 1. The van der Waals surface area contributed by atoms with Crippen LogP contribution in [0.25, 0.3) is 0 Å². The van der Waals surface area contributed by atoms with Gasteiger partial charge in [0.25, 0.3) is 15.7 Å². The molecule has 0 saturated heterocycles. The lowest BCUT2D eigenvalue weighted by molar-refractivity contribution is -0.384. The summed E-state index contributed by atoms with van der Waals surface area (Å²) in [6.07, 6.45) is 0. The van der Waals surface area contributed by atoms with Crippen LogP contribution < -0.4 is 10.0 Å².